The van der Waals surface area contributed by atoms with E-state index in [0.29, 0.717) is 23.7 Å². The molecule has 0 aromatic rings. The van der Waals surface area contributed by atoms with Crippen LogP contribution in [0.25, 0.3) is 0 Å². The number of allylic oxidation sites excluding steroid dienone is 16. The average Bonchev–Trinajstić information content (AvgIpc) is 3.34. The molecular weight excluding hydrogens is 496 g/mol. The van der Waals surface area contributed by atoms with Crippen LogP contribution in [0.4, 0.5) is 0 Å². The molecule has 0 N–H and O–H groups in total. The molecule has 8 rings (SSSR count). The standard InChI is InChI=1S/C39H48N2/c1-3-9-27(10-4-1)28-11-7-12-29(21-28)32-17-19-36-37-20-18-33(30-13-8-14-31(22-30)34-25-40-26-34)24-39(37)41(38(36)23-32)35-15-5-2-6-16-35/h1-3,5,7-8,12,14-15,21,23-25,27-28,30-34,36-37H,4,6,9-11,13,16-20,22,26H2. The normalized spacial score (nSPS) is 41.2. The van der Waals surface area contributed by atoms with E-state index < -0.39 is 0 Å². The lowest BCUT2D eigenvalue weighted by Crippen LogP contribution is -2.31. The first-order chi connectivity index (χ1) is 20.3. The molecule has 9 atom stereocenters. The molecular formula is C39H48N2. The summed E-state index contributed by atoms with van der Waals surface area (Å²) in [6.45, 7) is 1.05. The Morgan fingerprint density at radius 3 is 2.37 bits per heavy atom. The molecule has 9 unspecified atom stereocenters. The van der Waals surface area contributed by atoms with Crippen molar-refractivity contribution in [2.24, 2.45) is 58.3 Å². The first-order valence-corrected chi connectivity index (χ1v) is 17.1. The Kier molecular flexibility index (Phi) is 7.14. The molecule has 0 spiro atoms. The van der Waals surface area contributed by atoms with Crippen LogP contribution in [0, 0.1) is 53.3 Å². The fourth-order valence-electron chi connectivity index (χ4n) is 9.66. The highest BCUT2D eigenvalue weighted by atomic mass is 15.2. The van der Waals surface area contributed by atoms with E-state index in [1.807, 2.05) is 0 Å². The summed E-state index contributed by atoms with van der Waals surface area (Å²) in [4.78, 5) is 7.23. The number of hydrogen-bond donors (Lipinski definition) is 0. The Bertz CT molecular complexity index is 1300. The first kappa shape index (κ1) is 26.1. The maximum absolute atomic E-state index is 4.42. The largest absolute Gasteiger partial charge is 0.322 e. The second kappa shape index (κ2) is 11.2. The van der Waals surface area contributed by atoms with E-state index in [9.17, 15) is 0 Å². The number of hydrogen-bond acceptors (Lipinski definition) is 2. The quantitative estimate of drug-likeness (QED) is 0.315. The summed E-state index contributed by atoms with van der Waals surface area (Å²) >= 11 is 0. The SMILES string of the molecule is C1=CCCC(N2C3=CC(C4=CC(C5CC=CCC5)CC=C4)CCC3C3CCC(C4CC=CC(C5C=NC5)C4)C=C32)=C1. The maximum atomic E-state index is 4.42. The van der Waals surface area contributed by atoms with Gasteiger partial charge in [-0.3, -0.25) is 4.99 Å². The van der Waals surface area contributed by atoms with Crippen LogP contribution in [0.15, 0.2) is 101 Å². The molecule has 2 aliphatic heterocycles. The third-order valence-electron chi connectivity index (χ3n) is 12.0. The lowest BCUT2D eigenvalue weighted by Gasteiger charge is -2.38. The molecule has 2 heterocycles. The highest BCUT2D eigenvalue weighted by Gasteiger charge is 2.47. The van der Waals surface area contributed by atoms with Gasteiger partial charge in [0.15, 0.2) is 0 Å². The van der Waals surface area contributed by atoms with Gasteiger partial charge in [-0.2, -0.15) is 0 Å². The Morgan fingerprint density at radius 1 is 0.683 bits per heavy atom. The fourth-order valence-corrected chi connectivity index (χ4v) is 9.66. The smallest absolute Gasteiger partial charge is 0.0468 e. The van der Waals surface area contributed by atoms with Crippen LogP contribution < -0.4 is 0 Å². The number of aliphatic imine (C=N–C) groups is 1. The van der Waals surface area contributed by atoms with Gasteiger partial charge in [0, 0.05) is 53.5 Å². The molecule has 1 fully saturated rings. The van der Waals surface area contributed by atoms with E-state index in [-0.39, 0.29) is 0 Å². The van der Waals surface area contributed by atoms with Gasteiger partial charge in [-0.05, 0) is 118 Å². The Morgan fingerprint density at radius 2 is 1.56 bits per heavy atom. The number of fused-ring (bicyclic) bond motifs is 3. The van der Waals surface area contributed by atoms with E-state index in [0.717, 1.165) is 36.1 Å². The topological polar surface area (TPSA) is 15.6 Å². The van der Waals surface area contributed by atoms with Crippen molar-refractivity contribution < 1.29 is 0 Å². The second-order valence-electron chi connectivity index (χ2n) is 14.3. The van der Waals surface area contributed by atoms with E-state index in [2.05, 4.69) is 89.0 Å². The van der Waals surface area contributed by atoms with Crippen LogP contribution in [-0.4, -0.2) is 17.7 Å². The van der Waals surface area contributed by atoms with Crippen molar-refractivity contribution in [3.63, 3.8) is 0 Å². The first-order valence-electron chi connectivity index (χ1n) is 17.1. The van der Waals surface area contributed by atoms with Gasteiger partial charge in [-0.25, -0.2) is 0 Å². The minimum atomic E-state index is 0.576. The van der Waals surface area contributed by atoms with Crippen LogP contribution in [0.1, 0.15) is 77.0 Å². The van der Waals surface area contributed by atoms with Crippen molar-refractivity contribution in [2.75, 3.05) is 6.54 Å². The third kappa shape index (κ3) is 4.94. The summed E-state index contributed by atoms with van der Waals surface area (Å²) in [7, 11) is 0. The van der Waals surface area contributed by atoms with Gasteiger partial charge in [-0.1, -0.05) is 66.8 Å². The molecule has 41 heavy (non-hydrogen) atoms. The van der Waals surface area contributed by atoms with E-state index in [4.69, 9.17) is 0 Å². The average molecular weight is 545 g/mol. The molecule has 0 aromatic carbocycles. The van der Waals surface area contributed by atoms with Gasteiger partial charge in [0.25, 0.3) is 0 Å². The summed E-state index contributed by atoms with van der Waals surface area (Å²) in [6.07, 6.45) is 47.9. The van der Waals surface area contributed by atoms with Crippen LogP contribution in [0.2, 0.25) is 0 Å². The molecule has 0 radical (unpaired) electrons. The Hall–Kier alpha value is -2.61. The molecule has 2 heteroatoms. The van der Waals surface area contributed by atoms with Crippen molar-refractivity contribution in [1.29, 1.82) is 0 Å². The summed E-state index contributed by atoms with van der Waals surface area (Å²) in [5.41, 5.74) is 6.49. The number of likely N-dealkylation sites (tertiary alicyclic amines) is 1. The minimum absolute atomic E-state index is 0.576. The highest BCUT2D eigenvalue weighted by molar-refractivity contribution is 5.67. The minimum Gasteiger partial charge on any atom is -0.322 e. The molecule has 0 aromatic heterocycles. The van der Waals surface area contributed by atoms with E-state index in [1.165, 1.54) is 77.0 Å². The van der Waals surface area contributed by atoms with Crippen molar-refractivity contribution in [1.82, 2.24) is 4.90 Å². The van der Waals surface area contributed by atoms with Crippen LogP contribution >= 0.6 is 0 Å². The van der Waals surface area contributed by atoms with Crippen molar-refractivity contribution >= 4 is 6.21 Å². The molecule has 1 saturated heterocycles. The fraction of sp³-hybridized carbons (Fsp3) is 0.564. The summed E-state index contributed by atoms with van der Waals surface area (Å²) in [6, 6.07) is 0. The molecule has 8 aliphatic rings. The van der Waals surface area contributed by atoms with Gasteiger partial charge in [0.1, 0.15) is 0 Å². The van der Waals surface area contributed by atoms with Crippen LogP contribution in [-0.2, 0) is 0 Å². The number of rotatable bonds is 5. The van der Waals surface area contributed by atoms with E-state index in [1.54, 1.807) is 22.7 Å². The zero-order chi connectivity index (χ0) is 27.2. The maximum Gasteiger partial charge on any atom is 0.0468 e. The van der Waals surface area contributed by atoms with Gasteiger partial charge < -0.3 is 4.90 Å². The lowest BCUT2D eigenvalue weighted by atomic mass is 9.68. The van der Waals surface area contributed by atoms with Crippen molar-refractivity contribution in [3.8, 4) is 0 Å². The predicted octanol–water partition coefficient (Wildman–Crippen LogP) is 9.50. The van der Waals surface area contributed by atoms with Gasteiger partial charge in [0.2, 0.25) is 0 Å². The monoisotopic (exact) mass is 544 g/mol. The Balaban J connectivity index is 1.09. The summed E-state index contributed by atoms with van der Waals surface area (Å²) < 4.78 is 0. The third-order valence-corrected chi connectivity index (χ3v) is 12.0. The van der Waals surface area contributed by atoms with E-state index >= 15 is 0 Å². The second-order valence-corrected chi connectivity index (χ2v) is 14.3. The molecule has 0 saturated carbocycles. The molecule has 6 aliphatic carbocycles. The molecule has 2 nitrogen and oxygen atoms in total. The molecule has 0 bridgehead atoms. The predicted molar refractivity (Wildman–Crippen MR) is 171 cm³/mol. The van der Waals surface area contributed by atoms with Crippen LogP contribution in [0.5, 0.6) is 0 Å². The number of nitrogens with zero attached hydrogens (tertiary/aromatic N) is 2. The Labute approximate surface area is 248 Å². The molecule has 214 valence electrons. The van der Waals surface area contributed by atoms with Crippen molar-refractivity contribution in [2.45, 2.75) is 77.0 Å². The highest BCUT2D eigenvalue weighted by Crippen LogP contribution is 2.55. The summed E-state index contributed by atoms with van der Waals surface area (Å²) in [5, 5.41) is 0. The van der Waals surface area contributed by atoms with Gasteiger partial charge in [-0.15, -0.1) is 0 Å². The zero-order valence-electron chi connectivity index (χ0n) is 24.8. The zero-order valence-corrected chi connectivity index (χ0v) is 24.8. The van der Waals surface area contributed by atoms with Crippen LogP contribution in [0.3, 0.4) is 0 Å². The lowest BCUT2D eigenvalue weighted by molar-refractivity contribution is 0.245. The van der Waals surface area contributed by atoms with Gasteiger partial charge >= 0.3 is 0 Å². The van der Waals surface area contributed by atoms with Crippen molar-refractivity contribution in [3.05, 3.63) is 95.6 Å². The molecule has 0 amide bonds. The van der Waals surface area contributed by atoms with Gasteiger partial charge in [0.05, 0.1) is 0 Å². The summed E-state index contributed by atoms with van der Waals surface area (Å²) in [5.74, 6) is 6.49.